The van der Waals surface area contributed by atoms with Crippen LogP contribution in [0.1, 0.15) is 22.3 Å². The average Bonchev–Trinajstić information content (AvgIpc) is 2.99. The van der Waals surface area contributed by atoms with E-state index in [2.05, 4.69) is 20.9 Å². The molecule has 7 heteroatoms. The summed E-state index contributed by atoms with van der Waals surface area (Å²) in [4.78, 5) is 25.1. The van der Waals surface area contributed by atoms with E-state index >= 15 is 0 Å². The van der Waals surface area contributed by atoms with Crippen LogP contribution in [0.15, 0.2) is 48.9 Å². The van der Waals surface area contributed by atoms with Crippen molar-refractivity contribution in [3.63, 3.8) is 0 Å². The van der Waals surface area contributed by atoms with Crippen molar-refractivity contribution in [2.75, 3.05) is 31.1 Å². The molecule has 2 aromatic heterocycles. The van der Waals surface area contributed by atoms with Gasteiger partial charge in [0.1, 0.15) is 6.07 Å². The zero-order valence-electron chi connectivity index (χ0n) is 15.2. The van der Waals surface area contributed by atoms with Crippen LogP contribution < -0.4 is 4.90 Å². The predicted molar refractivity (Wildman–Crippen MR) is 108 cm³/mol. The zero-order valence-corrected chi connectivity index (χ0v) is 15.9. The van der Waals surface area contributed by atoms with Crippen LogP contribution in [0.25, 0.3) is 10.9 Å². The normalized spacial score (nSPS) is 14.6. The minimum Gasteiger partial charge on any atom is -0.368 e. The Kier molecular flexibility index (Phi) is 5.09. The van der Waals surface area contributed by atoms with E-state index in [0.717, 1.165) is 29.6 Å². The van der Waals surface area contributed by atoms with E-state index in [4.69, 9.17) is 11.6 Å². The summed E-state index contributed by atoms with van der Waals surface area (Å²) in [6, 6.07) is 11.2. The molecule has 0 saturated carbocycles. The highest BCUT2D eigenvalue weighted by molar-refractivity contribution is 6.31. The van der Waals surface area contributed by atoms with E-state index in [-0.39, 0.29) is 5.91 Å². The topological polar surface area (TPSA) is 73.1 Å². The monoisotopic (exact) mass is 391 g/mol. The van der Waals surface area contributed by atoms with Gasteiger partial charge in [0.25, 0.3) is 5.91 Å². The van der Waals surface area contributed by atoms with Crippen molar-refractivity contribution in [2.45, 2.75) is 6.42 Å². The molecule has 1 aromatic carbocycles. The summed E-state index contributed by atoms with van der Waals surface area (Å²) in [5.41, 5.74) is 2.80. The second kappa shape index (κ2) is 7.83. The summed E-state index contributed by atoms with van der Waals surface area (Å²) in [5, 5.41) is 11.1. The molecule has 1 saturated heterocycles. The highest BCUT2D eigenvalue weighted by atomic mass is 35.5. The molecule has 0 aliphatic carbocycles. The van der Waals surface area contributed by atoms with Crippen molar-refractivity contribution in [2.24, 2.45) is 0 Å². The summed E-state index contributed by atoms with van der Waals surface area (Å²) in [5.74, 6) is 0.00684. The predicted octanol–water partition coefficient (Wildman–Crippen LogP) is 3.51. The Morgan fingerprint density at radius 3 is 2.71 bits per heavy atom. The lowest BCUT2D eigenvalue weighted by Gasteiger charge is -2.26. The largest absolute Gasteiger partial charge is 0.368 e. The summed E-state index contributed by atoms with van der Waals surface area (Å²) in [7, 11) is 0. The molecule has 6 nitrogen and oxygen atoms in total. The maximum Gasteiger partial charge on any atom is 0.254 e. The fourth-order valence-electron chi connectivity index (χ4n) is 3.59. The molecular weight excluding hydrogens is 374 g/mol. The van der Waals surface area contributed by atoms with Gasteiger partial charge in [-0.2, -0.15) is 5.26 Å². The van der Waals surface area contributed by atoms with Crippen LogP contribution >= 0.6 is 11.6 Å². The quantitative estimate of drug-likeness (QED) is 0.668. The lowest BCUT2D eigenvalue weighted by atomic mass is 10.1. The molecule has 0 spiro atoms. The molecule has 1 aliphatic heterocycles. The van der Waals surface area contributed by atoms with E-state index in [1.807, 2.05) is 17.0 Å². The summed E-state index contributed by atoms with van der Waals surface area (Å²) in [6.45, 7) is 2.64. The van der Waals surface area contributed by atoms with E-state index < -0.39 is 0 Å². The first kappa shape index (κ1) is 18.2. The third-order valence-electron chi connectivity index (χ3n) is 4.95. The SMILES string of the molecule is N#Cc1cnc2ccc(Cl)cc2c1N1CCCN(C(=O)c2ccncc2)CC1. The first-order valence-electron chi connectivity index (χ1n) is 9.10. The Bertz CT molecular complexity index is 1060. The van der Waals surface area contributed by atoms with Crippen LogP contribution in [0.5, 0.6) is 0 Å². The third kappa shape index (κ3) is 3.49. The average molecular weight is 392 g/mol. The van der Waals surface area contributed by atoms with Gasteiger partial charge < -0.3 is 9.80 Å². The molecule has 0 atom stereocenters. The van der Waals surface area contributed by atoms with Gasteiger partial charge in [-0.1, -0.05) is 11.6 Å². The number of aromatic nitrogens is 2. The van der Waals surface area contributed by atoms with Crippen LogP contribution in [-0.4, -0.2) is 47.0 Å². The maximum atomic E-state index is 12.8. The van der Waals surface area contributed by atoms with Crippen LogP contribution in [0.2, 0.25) is 5.02 Å². The molecule has 0 N–H and O–H groups in total. The Balaban J connectivity index is 1.64. The van der Waals surface area contributed by atoms with E-state index in [9.17, 15) is 10.1 Å². The second-order valence-corrected chi connectivity index (χ2v) is 7.10. The Labute approximate surface area is 168 Å². The molecule has 1 aliphatic rings. The van der Waals surface area contributed by atoms with Crippen LogP contribution in [0.3, 0.4) is 0 Å². The zero-order chi connectivity index (χ0) is 19.5. The number of benzene rings is 1. The highest BCUT2D eigenvalue weighted by Crippen LogP contribution is 2.32. The van der Waals surface area contributed by atoms with Crippen molar-refractivity contribution >= 4 is 34.1 Å². The number of nitriles is 1. The van der Waals surface area contributed by atoms with E-state index in [1.165, 1.54) is 0 Å². The number of amides is 1. The van der Waals surface area contributed by atoms with Gasteiger partial charge in [0.2, 0.25) is 0 Å². The lowest BCUT2D eigenvalue weighted by Crippen LogP contribution is -2.35. The lowest BCUT2D eigenvalue weighted by molar-refractivity contribution is 0.0767. The highest BCUT2D eigenvalue weighted by Gasteiger charge is 2.23. The van der Waals surface area contributed by atoms with Crippen molar-refractivity contribution in [3.8, 4) is 6.07 Å². The van der Waals surface area contributed by atoms with Gasteiger partial charge in [0.05, 0.1) is 16.8 Å². The van der Waals surface area contributed by atoms with Crippen molar-refractivity contribution in [1.29, 1.82) is 5.26 Å². The van der Waals surface area contributed by atoms with Crippen LogP contribution in [0, 0.1) is 11.3 Å². The van der Waals surface area contributed by atoms with Gasteiger partial charge in [0.15, 0.2) is 0 Å². The molecule has 0 bridgehead atoms. The standard InChI is InChI=1S/C21H18ClN5O/c22-17-2-3-19-18(12-17)20(16(13-23)14-25-19)26-8-1-9-27(11-10-26)21(28)15-4-6-24-7-5-15/h2-7,12,14H,1,8-11H2. The molecule has 4 rings (SSSR count). The molecule has 140 valence electrons. The first-order chi connectivity index (χ1) is 13.7. The number of halogens is 1. The molecular formula is C21H18ClN5O. The van der Waals surface area contributed by atoms with Crippen molar-refractivity contribution in [1.82, 2.24) is 14.9 Å². The van der Waals surface area contributed by atoms with Crippen LogP contribution in [0.4, 0.5) is 5.69 Å². The fraction of sp³-hybridized carbons (Fsp3) is 0.238. The molecule has 1 amide bonds. The molecule has 3 aromatic rings. The number of nitrogens with zero attached hydrogens (tertiary/aromatic N) is 5. The fourth-order valence-corrected chi connectivity index (χ4v) is 3.77. The van der Waals surface area contributed by atoms with Gasteiger partial charge in [-0.3, -0.25) is 14.8 Å². The van der Waals surface area contributed by atoms with E-state index in [0.29, 0.717) is 35.8 Å². The van der Waals surface area contributed by atoms with Gasteiger partial charge in [-0.05, 0) is 36.8 Å². The van der Waals surface area contributed by atoms with Gasteiger partial charge in [0, 0.05) is 60.7 Å². The smallest absolute Gasteiger partial charge is 0.254 e. The number of rotatable bonds is 2. The molecule has 0 radical (unpaired) electrons. The number of hydrogen-bond acceptors (Lipinski definition) is 5. The second-order valence-electron chi connectivity index (χ2n) is 6.66. The summed E-state index contributed by atoms with van der Waals surface area (Å²) >= 11 is 6.20. The Morgan fingerprint density at radius 1 is 1.11 bits per heavy atom. The Morgan fingerprint density at radius 2 is 1.93 bits per heavy atom. The third-order valence-corrected chi connectivity index (χ3v) is 5.18. The van der Waals surface area contributed by atoms with Crippen molar-refractivity contribution in [3.05, 3.63) is 65.1 Å². The number of carbonyl (C=O) groups is 1. The molecule has 3 heterocycles. The summed E-state index contributed by atoms with van der Waals surface area (Å²) < 4.78 is 0. The minimum absolute atomic E-state index is 0.00684. The molecule has 0 unspecified atom stereocenters. The molecule has 1 fully saturated rings. The van der Waals surface area contributed by atoms with Crippen molar-refractivity contribution < 1.29 is 4.79 Å². The van der Waals surface area contributed by atoms with Crippen LogP contribution in [-0.2, 0) is 0 Å². The number of anilines is 1. The number of pyridine rings is 2. The van der Waals surface area contributed by atoms with Gasteiger partial charge in [-0.15, -0.1) is 0 Å². The minimum atomic E-state index is 0.00684. The summed E-state index contributed by atoms with van der Waals surface area (Å²) in [6.07, 6.45) is 5.68. The number of fused-ring (bicyclic) bond motifs is 1. The van der Waals surface area contributed by atoms with Gasteiger partial charge in [-0.25, -0.2) is 0 Å². The van der Waals surface area contributed by atoms with Gasteiger partial charge >= 0.3 is 0 Å². The first-order valence-corrected chi connectivity index (χ1v) is 9.48. The maximum absolute atomic E-state index is 12.8. The Hall–Kier alpha value is -3.17. The number of carbonyl (C=O) groups excluding carboxylic acids is 1. The number of hydrogen-bond donors (Lipinski definition) is 0. The van der Waals surface area contributed by atoms with E-state index in [1.54, 1.807) is 36.8 Å². The molecule has 28 heavy (non-hydrogen) atoms.